The highest BCUT2D eigenvalue weighted by molar-refractivity contribution is 7.88. The number of cyclic esters (lactones) is 1. The second kappa shape index (κ2) is 6.98. The summed E-state index contributed by atoms with van der Waals surface area (Å²) in [7, 11) is -3.34. The Balaban J connectivity index is 1.66. The van der Waals surface area contributed by atoms with Crippen LogP contribution in [0, 0.1) is 0 Å². The maximum atomic E-state index is 12.0. The zero-order chi connectivity index (χ0) is 18.0. The van der Waals surface area contributed by atoms with E-state index in [1.165, 1.54) is 4.90 Å². The number of morpholine rings is 1. The fraction of sp³-hybridized carbons (Fsp3) is 0.467. The van der Waals surface area contributed by atoms with Gasteiger partial charge in [-0.3, -0.25) is 9.69 Å². The summed E-state index contributed by atoms with van der Waals surface area (Å²) in [5.41, 5.74) is 1.36. The molecule has 1 atom stereocenters. The van der Waals surface area contributed by atoms with E-state index < -0.39 is 22.2 Å². The van der Waals surface area contributed by atoms with Crippen molar-refractivity contribution in [3.63, 3.8) is 0 Å². The van der Waals surface area contributed by atoms with Crippen LogP contribution in [0.3, 0.4) is 0 Å². The second-order valence-corrected chi connectivity index (χ2v) is 7.68. The Bertz CT molecular complexity index is 764. The summed E-state index contributed by atoms with van der Waals surface area (Å²) >= 11 is 0. The fourth-order valence-electron chi connectivity index (χ4n) is 2.69. The lowest BCUT2D eigenvalue weighted by Gasteiger charge is -2.27. The molecule has 0 saturated carbocycles. The van der Waals surface area contributed by atoms with E-state index in [0.29, 0.717) is 18.8 Å². The molecule has 2 heterocycles. The van der Waals surface area contributed by atoms with Gasteiger partial charge in [-0.2, -0.15) is 0 Å². The molecule has 2 saturated heterocycles. The van der Waals surface area contributed by atoms with Crippen LogP contribution in [0.1, 0.15) is 0 Å². The Morgan fingerprint density at radius 3 is 2.40 bits per heavy atom. The smallest absolute Gasteiger partial charge is 0.414 e. The number of hydrogen-bond acceptors (Lipinski definition) is 6. The number of nitrogens with one attached hydrogen (secondary N) is 1. The maximum Gasteiger partial charge on any atom is 0.414 e. The minimum absolute atomic E-state index is 0.0292. The number of amides is 2. The molecule has 10 heteroatoms. The van der Waals surface area contributed by atoms with E-state index in [1.54, 1.807) is 29.2 Å². The minimum Gasteiger partial charge on any atom is -0.443 e. The first-order valence-corrected chi connectivity index (χ1v) is 9.63. The van der Waals surface area contributed by atoms with Crippen molar-refractivity contribution in [1.82, 2.24) is 4.72 Å². The largest absolute Gasteiger partial charge is 0.443 e. The number of anilines is 2. The fourth-order valence-corrected chi connectivity index (χ4v) is 3.18. The molecule has 1 aromatic rings. The highest BCUT2D eigenvalue weighted by atomic mass is 32.2. The Morgan fingerprint density at radius 1 is 1.16 bits per heavy atom. The van der Waals surface area contributed by atoms with Gasteiger partial charge >= 0.3 is 6.09 Å². The predicted octanol–water partition coefficient (Wildman–Crippen LogP) is -0.0758. The predicted molar refractivity (Wildman–Crippen MR) is 90.1 cm³/mol. The van der Waals surface area contributed by atoms with Crippen LogP contribution in [-0.2, 0) is 24.3 Å². The van der Waals surface area contributed by atoms with Crippen molar-refractivity contribution >= 4 is 33.4 Å². The molecular formula is C15H19N3O6S. The van der Waals surface area contributed by atoms with Crippen LogP contribution in [0.25, 0.3) is 0 Å². The van der Waals surface area contributed by atoms with Crippen LogP contribution in [0.15, 0.2) is 24.3 Å². The molecule has 9 nitrogen and oxygen atoms in total. The van der Waals surface area contributed by atoms with Crippen molar-refractivity contribution in [2.45, 2.75) is 6.10 Å². The summed E-state index contributed by atoms with van der Waals surface area (Å²) in [6, 6.07) is 6.97. The average molecular weight is 369 g/mol. The molecule has 2 amide bonds. The number of hydrogen-bond donors (Lipinski definition) is 1. The molecule has 1 aromatic carbocycles. The summed E-state index contributed by atoms with van der Waals surface area (Å²) in [5, 5.41) is 0. The average Bonchev–Trinajstić information content (AvgIpc) is 2.94. The molecular weight excluding hydrogens is 350 g/mol. The van der Waals surface area contributed by atoms with Crippen molar-refractivity contribution in [3.05, 3.63) is 24.3 Å². The quantitative estimate of drug-likeness (QED) is 0.779. The highest BCUT2D eigenvalue weighted by Crippen LogP contribution is 2.25. The lowest BCUT2D eigenvalue weighted by Crippen LogP contribution is -2.41. The minimum atomic E-state index is -3.34. The van der Waals surface area contributed by atoms with Crippen LogP contribution < -0.4 is 14.5 Å². The van der Waals surface area contributed by atoms with Crippen LogP contribution in [0.2, 0.25) is 0 Å². The van der Waals surface area contributed by atoms with Crippen LogP contribution in [0.4, 0.5) is 16.2 Å². The molecule has 0 bridgehead atoms. The molecule has 0 aliphatic carbocycles. The Morgan fingerprint density at radius 2 is 1.80 bits per heavy atom. The first-order valence-electron chi connectivity index (χ1n) is 7.74. The Labute approximate surface area is 145 Å². The van der Waals surface area contributed by atoms with Crippen molar-refractivity contribution < 1.29 is 27.5 Å². The zero-order valence-electron chi connectivity index (χ0n) is 13.7. The SMILES string of the molecule is CS(=O)(=O)NC[C@H]1CN(c2ccc(N3CCOCC3=O)cc2)C(=O)O1. The van der Waals surface area contributed by atoms with Crippen molar-refractivity contribution in [1.29, 1.82) is 0 Å². The van der Waals surface area contributed by atoms with E-state index in [0.717, 1.165) is 11.9 Å². The van der Waals surface area contributed by atoms with Gasteiger partial charge in [0, 0.05) is 24.5 Å². The van der Waals surface area contributed by atoms with Crippen LogP contribution >= 0.6 is 0 Å². The van der Waals surface area contributed by atoms with Crippen molar-refractivity contribution in [2.24, 2.45) is 0 Å². The van der Waals surface area contributed by atoms with E-state index >= 15 is 0 Å². The topological polar surface area (TPSA) is 105 Å². The van der Waals surface area contributed by atoms with Gasteiger partial charge in [-0.15, -0.1) is 0 Å². The van der Waals surface area contributed by atoms with Gasteiger partial charge < -0.3 is 14.4 Å². The van der Waals surface area contributed by atoms with E-state index in [1.807, 2.05) is 0 Å². The highest BCUT2D eigenvalue weighted by Gasteiger charge is 2.32. The first kappa shape index (κ1) is 17.6. The number of sulfonamides is 1. The van der Waals surface area contributed by atoms with E-state index in [4.69, 9.17) is 9.47 Å². The van der Waals surface area contributed by atoms with Gasteiger partial charge in [0.05, 0.1) is 19.4 Å². The molecule has 2 aliphatic heterocycles. The van der Waals surface area contributed by atoms with Crippen molar-refractivity contribution in [2.75, 3.05) is 48.9 Å². The molecule has 25 heavy (non-hydrogen) atoms. The Hall–Kier alpha value is -2.17. The summed E-state index contributed by atoms with van der Waals surface area (Å²) in [6.07, 6.45) is -0.0362. The summed E-state index contributed by atoms with van der Waals surface area (Å²) in [6.45, 7) is 1.32. The lowest BCUT2D eigenvalue weighted by atomic mass is 10.2. The van der Waals surface area contributed by atoms with Gasteiger partial charge in [0.1, 0.15) is 12.7 Å². The number of benzene rings is 1. The van der Waals surface area contributed by atoms with Gasteiger partial charge in [-0.25, -0.2) is 17.9 Å². The zero-order valence-corrected chi connectivity index (χ0v) is 14.5. The maximum absolute atomic E-state index is 12.0. The summed E-state index contributed by atoms with van der Waals surface area (Å²) < 4.78 is 34.9. The molecule has 2 aliphatic rings. The number of rotatable bonds is 5. The normalized spacial score (nSPS) is 21.6. The van der Waals surface area contributed by atoms with Crippen molar-refractivity contribution in [3.8, 4) is 0 Å². The monoisotopic (exact) mass is 369 g/mol. The molecule has 1 N–H and O–H groups in total. The lowest BCUT2D eigenvalue weighted by molar-refractivity contribution is -0.125. The molecule has 3 rings (SSSR count). The Kier molecular flexibility index (Phi) is 4.93. The summed E-state index contributed by atoms with van der Waals surface area (Å²) in [5.74, 6) is -0.105. The number of ether oxygens (including phenoxy) is 2. The molecule has 136 valence electrons. The first-order chi connectivity index (χ1) is 11.8. The second-order valence-electron chi connectivity index (χ2n) is 5.85. The molecule has 2 fully saturated rings. The van der Waals surface area contributed by atoms with E-state index in [-0.39, 0.29) is 25.6 Å². The van der Waals surface area contributed by atoms with E-state index in [9.17, 15) is 18.0 Å². The third-order valence-electron chi connectivity index (χ3n) is 3.91. The standard InChI is InChI=1S/C15H19N3O6S/c1-25(21,22)16-8-13-9-18(15(20)24-13)12-4-2-11(3-5-12)17-6-7-23-10-14(17)19/h2-5,13,16H,6-10H2,1H3/t13-/m0/s1. The number of carbonyl (C=O) groups excluding carboxylic acids is 2. The molecule has 0 radical (unpaired) electrons. The molecule has 0 unspecified atom stereocenters. The van der Waals surface area contributed by atoms with Gasteiger partial charge in [-0.05, 0) is 24.3 Å². The third-order valence-corrected chi connectivity index (χ3v) is 4.60. The van der Waals surface area contributed by atoms with Gasteiger partial charge in [-0.1, -0.05) is 0 Å². The number of carbonyl (C=O) groups is 2. The molecule has 0 aromatic heterocycles. The number of nitrogens with zero attached hydrogens (tertiary/aromatic N) is 2. The third kappa shape index (κ3) is 4.27. The van der Waals surface area contributed by atoms with Gasteiger partial charge in [0.2, 0.25) is 10.0 Å². The van der Waals surface area contributed by atoms with Crippen LogP contribution in [-0.4, -0.2) is 65.6 Å². The molecule has 0 spiro atoms. The van der Waals surface area contributed by atoms with Crippen LogP contribution in [0.5, 0.6) is 0 Å². The van der Waals surface area contributed by atoms with E-state index in [2.05, 4.69) is 4.72 Å². The van der Waals surface area contributed by atoms with Gasteiger partial charge in [0.25, 0.3) is 5.91 Å². The van der Waals surface area contributed by atoms with Gasteiger partial charge in [0.15, 0.2) is 0 Å². The summed E-state index contributed by atoms with van der Waals surface area (Å²) in [4.78, 5) is 26.9.